The standard InChI is InChI=1S/C20H24N8O/c1-12-7-16-22-11-23-28(16)10-14(12)24-19-21-9-15-18(25-19)17(26-27(15)4)13-5-6-29-20(2,3)8-13/h7,9-11,13H,5-6,8H2,1-4H3,(H,21,24,25). The Bertz CT molecular complexity index is 1210. The number of rotatable bonds is 3. The summed E-state index contributed by atoms with van der Waals surface area (Å²) in [5.74, 6) is 0.860. The van der Waals surface area contributed by atoms with E-state index in [0.717, 1.165) is 53.1 Å². The van der Waals surface area contributed by atoms with Gasteiger partial charge in [-0.3, -0.25) is 4.68 Å². The molecule has 0 aromatic carbocycles. The van der Waals surface area contributed by atoms with Crippen LogP contribution in [0.5, 0.6) is 0 Å². The minimum Gasteiger partial charge on any atom is -0.376 e. The first kappa shape index (κ1) is 18.0. The summed E-state index contributed by atoms with van der Waals surface area (Å²) < 4.78 is 9.48. The van der Waals surface area contributed by atoms with Crippen molar-refractivity contribution in [3.8, 4) is 0 Å². The summed E-state index contributed by atoms with van der Waals surface area (Å²) in [5.41, 5.74) is 5.44. The highest BCUT2D eigenvalue weighted by Gasteiger charge is 2.32. The summed E-state index contributed by atoms with van der Waals surface area (Å²) in [6.07, 6.45) is 7.14. The van der Waals surface area contributed by atoms with Crippen LogP contribution in [0, 0.1) is 6.92 Å². The van der Waals surface area contributed by atoms with E-state index >= 15 is 0 Å². The molecule has 4 aromatic rings. The molecule has 9 nitrogen and oxygen atoms in total. The first-order chi connectivity index (χ1) is 13.9. The van der Waals surface area contributed by atoms with Crippen LogP contribution in [0.4, 0.5) is 11.6 Å². The summed E-state index contributed by atoms with van der Waals surface area (Å²) in [5, 5.41) is 12.3. The van der Waals surface area contributed by atoms with E-state index < -0.39 is 0 Å². The van der Waals surface area contributed by atoms with Gasteiger partial charge in [0.25, 0.3) is 0 Å². The van der Waals surface area contributed by atoms with Crippen LogP contribution in [-0.4, -0.2) is 46.6 Å². The monoisotopic (exact) mass is 392 g/mol. The Hall–Kier alpha value is -3.07. The lowest BCUT2D eigenvalue weighted by Crippen LogP contribution is -2.33. The number of fused-ring (bicyclic) bond motifs is 2. The Labute approximate surface area is 168 Å². The van der Waals surface area contributed by atoms with Gasteiger partial charge in [0.05, 0.1) is 29.4 Å². The first-order valence-corrected chi connectivity index (χ1v) is 9.80. The molecule has 5 rings (SSSR count). The van der Waals surface area contributed by atoms with Gasteiger partial charge in [0.15, 0.2) is 5.65 Å². The van der Waals surface area contributed by atoms with E-state index in [4.69, 9.17) is 14.8 Å². The second-order valence-electron chi connectivity index (χ2n) is 8.29. The Morgan fingerprint density at radius 2 is 2.14 bits per heavy atom. The molecular weight excluding hydrogens is 368 g/mol. The number of anilines is 2. The van der Waals surface area contributed by atoms with E-state index in [9.17, 15) is 0 Å². The van der Waals surface area contributed by atoms with Gasteiger partial charge in [-0.05, 0) is 45.2 Å². The molecule has 0 saturated carbocycles. The summed E-state index contributed by atoms with van der Waals surface area (Å²) in [6, 6.07) is 1.98. The van der Waals surface area contributed by atoms with Gasteiger partial charge in [0, 0.05) is 19.6 Å². The van der Waals surface area contributed by atoms with Gasteiger partial charge >= 0.3 is 0 Å². The number of aromatic nitrogens is 7. The SMILES string of the molecule is Cc1cc2ncnn2cc1Nc1ncc2c(n1)c(C1CCOC(C)(C)C1)nn2C. The molecule has 0 aliphatic carbocycles. The Morgan fingerprint density at radius 1 is 1.28 bits per heavy atom. The van der Waals surface area contributed by atoms with E-state index in [1.807, 2.05) is 37.1 Å². The molecule has 0 spiro atoms. The number of hydrogen-bond acceptors (Lipinski definition) is 7. The van der Waals surface area contributed by atoms with E-state index in [2.05, 4.69) is 34.2 Å². The van der Waals surface area contributed by atoms with Crippen LogP contribution in [0.3, 0.4) is 0 Å². The van der Waals surface area contributed by atoms with Crippen LogP contribution in [0.15, 0.2) is 24.8 Å². The van der Waals surface area contributed by atoms with Gasteiger partial charge in [-0.15, -0.1) is 0 Å². The average molecular weight is 392 g/mol. The first-order valence-electron chi connectivity index (χ1n) is 9.80. The lowest BCUT2D eigenvalue weighted by molar-refractivity contribution is -0.0596. The quantitative estimate of drug-likeness (QED) is 0.572. The minimum atomic E-state index is -0.148. The fraction of sp³-hybridized carbons (Fsp3) is 0.450. The molecule has 150 valence electrons. The van der Waals surface area contributed by atoms with Gasteiger partial charge in [0.1, 0.15) is 17.4 Å². The molecule has 0 radical (unpaired) electrons. The predicted molar refractivity (Wildman–Crippen MR) is 109 cm³/mol. The maximum absolute atomic E-state index is 5.89. The van der Waals surface area contributed by atoms with E-state index in [-0.39, 0.29) is 5.60 Å². The predicted octanol–water partition coefficient (Wildman–Crippen LogP) is 3.13. The molecule has 5 heterocycles. The normalized spacial score (nSPS) is 19.1. The molecular formula is C20H24N8O. The summed E-state index contributed by atoms with van der Waals surface area (Å²) in [7, 11) is 1.94. The molecule has 9 heteroatoms. The molecule has 1 aliphatic heterocycles. The minimum absolute atomic E-state index is 0.148. The Kier molecular flexibility index (Phi) is 4.02. The van der Waals surface area contributed by atoms with Crippen molar-refractivity contribution in [2.45, 2.75) is 45.1 Å². The van der Waals surface area contributed by atoms with Gasteiger partial charge in [-0.2, -0.15) is 10.2 Å². The van der Waals surface area contributed by atoms with Crippen molar-refractivity contribution in [2.24, 2.45) is 7.05 Å². The van der Waals surface area contributed by atoms with E-state index in [0.29, 0.717) is 11.9 Å². The third-order valence-electron chi connectivity index (χ3n) is 5.57. The smallest absolute Gasteiger partial charge is 0.227 e. The number of ether oxygens (including phenoxy) is 1. The zero-order valence-corrected chi connectivity index (χ0v) is 17.0. The van der Waals surface area contributed by atoms with Crippen LogP contribution in [0.2, 0.25) is 0 Å². The van der Waals surface area contributed by atoms with Crippen molar-refractivity contribution >= 4 is 28.3 Å². The number of aryl methyl sites for hydroxylation is 2. The highest BCUT2D eigenvalue weighted by molar-refractivity contribution is 5.79. The van der Waals surface area contributed by atoms with Crippen molar-refractivity contribution in [1.29, 1.82) is 0 Å². The van der Waals surface area contributed by atoms with Crippen LogP contribution in [0.25, 0.3) is 16.7 Å². The largest absolute Gasteiger partial charge is 0.376 e. The second-order valence-corrected chi connectivity index (χ2v) is 8.29. The Morgan fingerprint density at radius 3 is 2.97 bits per heavy atom. The Balaban J connectivity index is 1.53. The summed E-state index contributed by atoms with van der Waals surface area (Å²) >= 11 is 0. The second kappa shape index (κ2) is 6.48. The van der Waals surface area contributed by atoms with Crippen molar-refractivity contribution in [1.82, 2.24) is 34.3 Å². The van der Waals surface area contributed by atoms with E-state index in [1.165, 1.54) is 0 Å². The molecule has 1 N–H and O–H groups in total. The van der Waals surface area contributed by atoms with Crippen molar-refractivity contribution in [3.05, 3.63) is 36.0 Å². The topological polar surface area (TPSA) is 95.1 Å². The van der Waals surface area contributed by atoms with Crippen molar-refractivity contribution in [2.75, 3.05) is 11.9 Å². The molecule has 29 heavy (non-hydrogen) atoms. The third-order valence-corrected chi connectivity index (χ3v) is 5.57. The average Bonchev–Trinajstić information content (AvgIpc) is 3.25. The molecule has 1 unspecified atom stereocenters. The third kappa shape index (κ3) is 3.21. The van der Waals surface area contributed by atoms with Crippen LogP contribution in [0.1, 0.15) is 43.9 Å². The maximum Gasteiger partial charge on any atom is 0.227 e. The molecule has 4 aromatic heterocycles. The van der Waals surface area contributed by atoms with Gasteiger partial charge in [-0.1, -0.05) is 0 Å². The zero-order chi connectivity index (χ0) is 20.2. The lowest BCUT2D eigenvalue weighted by atomic mass is 9.86. The zero-order valence-electron chi connectivity index (χ0n) is 17.0. The number of pyridine rings is 1. The van der Waals surface area contributed by atoms with Gasteiger partial charge in [0.2, 0.25) is 5.95 Å². The van der Waals surface area contributed by atoms with Crippen LogP contribution in [-0.2, 0) is 11.8 Å². The lowest BCUT2D eigenvalue weighted by Gasteiger charge is -2.34. The fourth-order valence-corrected chi connectivity index (χ4v) is 4.07. The van der Waals surface area contributed by atoms with Gasteiger partial charge < -0.3 is 10.1 Å². The number of nitrogens with one attached hydrogen (secondary N) is 1. The van der Waals surface area contributed by atoms with Crippen LogP contribution >= 0.6 is 0 Å². The molecule has 1 atom stereocenters. The molecule has 1 fully saturated rings. The molecule has 1 saturated heterocycles. The van der Waals surface area contributed by atoms with Crippen LogP contribution < -0.4 is 5.32 Å². The number of hydrogen-bond donors (Lipinski definition) is 1. The van der Waals surface area contributed by atoms with E-state index in [1.54, 1.807) is 10.8 Å². The highest BCUT2D eigenvalue weighted by atomic mass is 16.5. The molecule has 0 bridgehead atoms. The van der Waals surface area contributed by atoms with Crippen molar-refractivity contribution in [3.63, 3.8) is 0 Å². The number of nitrogens with zero attached hydrogens (tertiary/aromatic N) is 7. The maximum atomic E-state index is 5.89. The summed E-state index contributed by atoms with van der Waals surface area (Å²) in [6.45, 7) is 7.03. The molecule has 1 aliphatic rings. The molecule has 0 amide bonds. The fourth-order valence-electron chi connectivity index (χ4n) is 4.07. The highest BCUT2D eigenvalue weighted by Crippen LogP contribution is 2.37. The van der Waals surface area contributed by atoms with Gasteiger partial charge in [-0.25, -0.2) is 19.5 Å². The van der Waals surface area contributed by atoms with Crippen molar-refractivity contribution < 1.29 is 4.74 Å². The summed E-state index contributed by atoms with van der Waals surface area (Å²) in [4.78, 5) is 13.6.